The van der Waals surface area contributed by atoms with Crippen molar-refractivity contribution >= 4 is 0 Å². The minimum atomic E-state index is -2.68. The Morgan fingerprint density at radius 3 is 2.73 bits per heavy atom. The number of pyridine rings is 1. The zero-order valence-corrected chi connectivity index (χ0v) is 8.42. The van der Waals surface area contributed by atoms with Gasteiger partial charge in [0.05, 0.1) is 30.9 Å². The van der Waals surface area contributed by atoms with E-state index >= 15 is 0 Å². The molecule has 0 fully saturated rings. The quantitative estimate of drug-likeness (QED) is 0.772. The zero-order chi connectivity index (χ0) is 11.4. The van der Waals surface area contributed by atoms with E-state index in [-0.39, 0.29) is 23.4 Å². The van der Waals surface area contributed by atoms with Crippen molar-refractivity contribution in [2.45, 2.75) is 19.8 Å². The van der Waals surface area contributed by atoms with Crippen molar-refractivity contribution in [2.24, 2.45) is 0 Å². The number of hydrogen-bond donors (Lipinski definition) is 0. The number of nitrogens with zero attached hydrogens (tertiary/aromatic N) is 2. The summed E-state index contributed by atoms with van der Waals surface area (Å²) in [7, 11) is 1.32. The van der Waals surface area contributed by atoms with Crippen LogP contribution in [0.15, 0.2) is 6.20 Å². The molecule has 0 saturated heterocycles. The second kappa shape index (κ2) is 4.69. The Morgan fingerprint density at radius 2 is 2.27 bits per heavy atom. The fourth-order valence-electron chi connectivity index (χ4n) is 1.36. The molecule has 0 radical (unpaired) electrons. The molecule has 0 atom stereocenters. The van der Waals surface area contributed by atoms with Crippen molar-refractivity contribution in [3.8, 4) is 11.8 Å². The first-order chi connectivity index (χ1) is 7.11. The third-order valence-corrected chi connectivity index (χ3v) is 2.00. The average molecular weight is 212 g/mol. The van der Waals surface area contributed by atoms with Gasteiger partial charge in [0, 0.05) is 11.8 Å². The monoisotopic (exact) mass is 212 g/mol. The fraction of sp³-hybridized carbons (Fsp3) is 0.400. The van der Waals surface area contributed by atoms with Crippen LogP contribution in [-0.4, -0.2) is 12.1 Å². The van der Waals surface area contributed by atoms with Crippen LogP contribution >= 0.6 is 0 Å². The number of ether oxygens (including phenoxy) is 1. The predicted molar refractivity (Wildman–Crippen MR) is 49.8 cm³/mol. The third-order valence-electron chi connectivity index (χ3n) is 2.00. The summed E-state index contributed by atoms with van der Waals surface area (Å²) in [5.74, 6) is 0.116. The molecule has 15 heavy (non-hydrogen) atoms. The zero-order valence-electron chi connectivity index (χ0n) is 8.42. The molecular weight excluding hydrogens is 202 g/mol. The first-order valence-electron chi connectivity index (χ1n) is 4.29. The number of alkyl halides is 2. The van der Waals surface area contributed by atoms with E-state index < -0.39 is 6.43 Å². The molecule has 0 N–H and O–H groups in total. The molecule has 0 aliphatic heterocycles. The summed E-state index contributed by atoms with van der Waals surface area (Å²) in [5, 5.41) is 8.48. The smallest absolute Gasteiger partial charge is 0.269 e. The lowest BCUT2D eigenvalue weighted by Crippen LogP contribution is -2.03. The molecule has 0 spiro atoms. The van der Waals surface area contributed by atoms with Gasteiger partial charge in [0.1, 0.15) is 5.75 Å². The van der Waals surface area contributed by atoms with Gasteiger partial charge in [-0.15, -0.1) is 0 Å². The van der Waals surface area contributed by atoms with E-state index in [2.05, 4.69) is 4.98 Å². The topological polar surface area (TPSA) is 45.9 Å². The second-order valence-corrected chi connectivity index (χ2v) is 2.97. The molecule has 0 amide bonds. The summed E-state index contributed by atoms with van der Waals surface area (Å²) in [4.78, 5) is 3.82. The fourth-order valence-corrected chi connectivity index (χ4v) is 1.36. The van der Waals surface area contributed by atoms with Crippen LogP contribution in [0.2, 0.25) is 0 Å². The SMILES string of the molecule is COc1c(C)cnc(CC#N)c1C(F)F. The van der Waals surface area contributed by atoms with Gasteiger partial charge in [-0.1, -0.05) is 0 Å². The van der Waals surface area contributed by atoms with Crippen molar-refractivity contribution in [3.63, 3.8) is 0 Å². The van der Waals surface area contributed by atoms with Crippen LogP contribution in [0.1, 0.15) is 23.2 Å². The van der Waals surface area contributed by atoms with Gasteiger partial charge in [-0.3, -0.25) is 4.98 Å². The average Bonchev–Trinajstić information content (AvgIpc) is 2.20. The molecule has 3 nitrogen and oxygen atoms in total. The molecule has 0 saturated carbocycles. The van der Waals surface area contributed by atoms with E-state index in [1.54, 1.807) is 13.0 Å². The van der Waals surface area contributed by atoms with E-state index in [1.165, 1.54) is 13.3 Å². The summed E-state index contributed by atoms with van der Waals surface area (Å²) in [6.07, 6.45) is -1.40. The normalized spacial score (nSPS) is 10.1. The highest BCUT2D eigenvalue weighted by molar-refractivity contribution is 5.43. The van der Waals surface area contributed by atoms with Crippen LogP contribution in [0, 0.1) is 18.3 Å². The lowest BCUT2D eigenvalue weighted by molar-refractivity contribution is 0.145. The highest BCUT2D eigenvalue weighted by Crippen LogP contribution is 2.33. The summed E-state index contributed by atoms with van der Waals surface area (Å²) >= 11 is 0. The molecule has 1 aromatic rings. The van der Waals surface area contributed by atoms with Crippen molar-refractivity contribution in [2.75, 3.05) is 7.11 Å². The second-order valence-electron chi connectivity index (χ2n) is 2.97. The van der Waals surface area contributed by atoms with Crippen molar-refractivity contribution in [3.05, 3.63) is 23.0 Å². The number of hydrogen-bond acceptors (Lipinski definition) is 3. The molecule has 0 aliphatic carbocycles. The van der Waals surface area contributed by atoms with Gasteiger partial charge in [0.15, 0.2) is 0 Å². The van der Waals surface area contributed by atoms with Crippen LogP contribution in [0.3, 0.4) is 0 Å². The van der Waals surface area contributed by atoms with Gasteiger partial charge in [-0.05, 0) is 6.92 Å². The minimum absolute atomic E-state index is 0.0787. The number of halogens is 2. The van der Waals surface area contributed by atoms with Gasteiger partial charge in [0.2, 0.25) is 0 Å². The van der Waals surface area contributed by atoms with Gasteiger partial charge in [0.25, 0.3) is 6.43 Å². The first-order valence-corrected chi connectivity index (χ1v) is 4.29. The molecule has 1 rings (SSSR count). The Morgan fingerprint density at radius 1 is 1.60 bits per heavy atom. The lowest BCUT2D eigenvalue weighted by Gasteiger charge is -2.12. The first kappa shape index (κ1) is 11.4. The minimum Gasteiger partial charge on any atom is -0.496 e. The van der Waals surface area contributed by atoms with E-state index in [9.17, 15) is 8.78 Å². The lowest BCUT2D eigenvalue weighted by atomic mass is 10.1. The maximum absolute atomic E-state index is 12.7. The van der Waals surface area contributed by atoms with Gasteiger partial charge in [-0.25, -0.2) is 8.78 Å². The highest BCUT2D eigenvalue weighted by Gasteiger charge is 2.21. The van der Waals surface area contributed by atoms with E-state index in [0.29, 0.717) is 5.56 Å². The van der Waals surface area contributed by atoms with Crippen LogP contribution in [0.5, 0.6) is 5.75 Å². The maximum Gasteiger partial charge on any atom is 0.269 e. The molecule has 80 valence electrons. The van der Waals surface area contributed by atoms with E-state index in [4.69, 9.17) is 10.00 Å². The van der Waals surface area contributed by atoms with Gasteiger partial charge < -0.3 is 4.74 Å². The molecular formula is C10H10F2N2O. The largest absolute Gasteiger partial charge is 0.496 e. The van der Waals surface area contributed by atoms with E-state index in [1.807, 2.05) is 0 Å². The summed E-state index contributed by atoms with van der Waals surface area (Å²) in [6.45, 7) is 1.63. The number of aryl methyl sites for hydroxylation is 1. The standard InChI is InChI=1S/C10H10F2N2O/c1-6-5-14-7(3-4-13)8(10(11)12)9(6)15-2/h5,10H,3H2,1-2H3. The predicted octanol–water partition coefficient (Wildman–Crippen LogP) is 2.40. The molecule has 1 heterocycles. The molecule has 0 unspecified atom stereocenters. The van der Waals surface area contributed by atoms with Gasteiger partial charge in [-0.2, -0.15) is 5.26 Å². The Kier molecular flexibility index (Phi) is 3.56. The Labute approximate surface area is 86.3 Å². The van der Waals surface area contributed by atoms with Gasteiger partial charge >= 0.3 is 0 Å². The number of aromatic nitrogens is 1. The third kappa shape index (κ3) is 2.21. The molecule has 1 aromatic heterocycles. The number of nitriles is 1. The summed E-state index contributed by atoms with van der Waals surface area (Å²) < 4.78 is 30.4. The van der Waals surface area contributed by atoms with Crippen molar-refractivity contribution in [1.29, 1.82) is 5.26 Å². The van der Waals surface area contributed by atoms with Crippen LogP contribution in [0.4, 0.5) is 8.78 Å². The number of methoxy groups -OCH3 is 1. The molecule has 0 bridgehead atoms. The van der Waals surface area contributed by atoms with Crippen molar-refractivity contribution in [1.82, 2.24) is 4.98 Å². The Balaban J connectivity index is 3.36. The molecule has 0 aromatic carbocycles. The van der Waals surface area contributed by atoms with Crippen LogP contribution < -0.4 is 4.74 Å². The number of rotatable bonds is 3. The summed E-state index contributed by atoms with van der Waals surface area (Å²) in [6, 6.07) is 1.80. The molecule has 0 aliphatic rings. The van der Waals surface area contributed by atoms with Crippen LogP contribution in [-0.2, 0) is 6.42 Å². The Hall–Kier alpha value is -1.70. The Bertz CT molecular complexity index is 399. The molecule has 5 heteroatoms. The van der Waals surface area contributed by atoms with Crippen LogP contribution in [0.25, 0.3) is 0 Å². The summed E-state index contributed by atoms with van der Waals surface area (Å²) in [5.41, 5.74) is 0.337. The highest BCUT2D eigenvalue weighted by atomic mass is 19.3. The van der Waals surface area contributed by atoms with E-state index in [0.717, 1.165) is 0 Å². The maximum atomic E-state index is 12.7. The van der Waals surface area contributed by atoms with Crippen molar-refractivity contribution < 1.29 is 13.5 Å².